The molecule has 0 aromatic heterocycles. The van der Waals surface area contributed by atoms with Crippen LogP contribution in [-0.4, -0.2) is 22.7 Å². The van der Waals surface area contributed by atoms with Crippen LogP contribution in [0.25, 0.3) is 0 Å². The minimum Gasteiger partial charge on any atom is -0.379 e. The Bertz CT molecular complexity index is 39.0. The molecule has 0 unspecified atom stereocenters. The highest BCUT2D eigenvalue weighted by atomic mass is 16.3. The highest BCUT2D eigenvalue weighted by Gasteiger charge is 1.95. The van der Waals surface area contributed by atoms with Gasteiger partial charge in [0.15, 0.2) is 0 Å². The molecule has 0 heterocycles. The van der Waals surface area contributed by atoms with Gasteiger partial charge in [-0.15, -0.1) is 0 Å². The quantitative estimate of drug-likeness (QED) is 0.405. The summed E-state index contributed by atoms with van der Waals surface area (Å²) >= 11 is 0. The van der Waals surface area contributed by atoms with Gasteiger partial charge in [-0.1, -0.05) is 0 Å². The predicted molar refractivity (Wildman–Crippen MR) is 26.5 cm³/mol. The van der Waals surface area contributed by atoms with E-state index in [0.29, 0.717) is 0 Å². The van der Waals surface area contributed by atoms with Gasteiger partial charge in [-0.3, -0.25) is 5.32 Å². The highest BCUT2D eigenvalue weighted by molar-refractivity contribution is 4.42. The van der Waals surface area contributed by atoms with E-state index in [1.54, 1.807) is 13.8 Å². The first kappa shape index (κ1) is 6.88. The summed E-state index contributed by atoms with van der Waals surface area (Å²) in [6, 6.07) is 0. The lowest BCUT2D eigenvalue weighted by Crippen LogP contribution is -2.33. The molecule has 2 atom stereocenters. The fourth-order valence-corrected chi connectivity index (χ4v) is 0.349. The summed E-state index contributed by atoms with van der Waals surface area (Å²) < 4.78 is 0. The second kappa shape index (κ2) is 2.96. The Labute approximate surface area is 43.0 Å². The molecule has 0 saturated carbocycles. The van der Waals surface area contributed by atoms with Gasteiger partial charge in [-0.05, 0) is 13.8 Å². The van der Waals surface area contributed by atoms with E-state index in [-0.39, 0.29) is 0 Å². The molecule has 0 aromatic carbocycles. The van der Waals surface area contributed by atoms with E-state index in [2.05, 4.69) is 5.32 Å². The van der Waals surface area contributed by atoms with Crippen LogP contribution >= 0.6 is 0 Å². The van der Waals surface area contributed by atoms with Crippen molar-refractivity contribution in [3.05, 3.63) is 0 Å². The molecule has 3 heteroatoms. The van der Waals surface area contributed by atoms with E-state index in [9.17, 15) is 0 Å². The van der Waals surface area contributed by atoms with Gasteiger partial charge >= 0.3 is 0 Å². The van der Waals surface area contributed by atoms with Crippen molar-refractivity contribution in [3.8, 4) is 0 Å². The van der Waals surface area contributed by atoms with Crippen LogP contribution in [0.2, 0.25) is 0 Å². The Hall–Kier alpha value is -0.120. The van der Waals surface area contributed by atoms with Crippen LogP contribution in [-0.2, 0) is 0 Å². The average molecular weight is 105 g/mol. The standard InChI is InChI=1S/C4H11NO2/c1-3(6)5-4(2)7/h3-7H,1-2H3/t3-,4+. The Morgan fingerprint density at radius 3 is 1.43 bits per heavy atom. The SMILES string of the molecule is C[C@H](O)N[C@@H](C)O. The van der Waals surface area contributed by atoms with E-state index < -0.39 is 12.5 Å². The number of aliphatic hydroxyl groups is 2. The van der Waals surface area contributed by atoms with Gasteiger partial charge in [0.05, 0.1) is 0 Å². The summed E-state index contributed by atoms with van der Waals surface area (Å²) in [5.74, 6) is 0. The van der Waals surface area contributed by atoms with Gasteiger partial charge in [0, 0.05) is 0 Å². The number of rotatable bonds is 2. The minimum absolute atomic E-state index is 0.625. The summed E-state index contributed by atoms with van der Waals surface area (Å²) in [4.78, 5) is 0. The third-order valence-electron chi connectivity index (χ3n) is 0.482. The normalized spacial score (nSPS) is 18.9. The summed E-state index contributed by atoms with van der Waals surface area (Å²) in [5, 5.41) is 19.3. The lowest BCUT2D eigenvalue weighted by molar-refractivity contribution is 0.0632. The fraction of sp³-hybridized carbons (Fsp3) is 1.00. The van der Waals surface area contributed by atoms with Crippen molar-refractivity contribution in [1.82, 2.24) is 5.32 Å². The molecule has 0 saturated heterocycles. The van der Waals surface area contributed by atoms with Crippen LogP contribution in [0.1, 0.15) is 13.8 Å². The maximum absolute atomic E-state index is 8.45. The van der Waals surface area contributed by atoms with Crippen molar-refractivity contribution in [2.45, 2.75) is 26.3 Å². The Morgan fingerprint density at radius 2 is 1.43 bits per heavy atom. The van der Waals surface area contributed by atoms with Crippen LogP contribution in [0.15, 0.2) is 0 Å². The van der Waals surface area contributed by atoms with Crippen LogP contribution in [0.5, 0.6) is 0 Å². The maximum Gasteiger partial charge on any atom is 0.103 e. The van der Waals surface area contributed by atoms with E-state index in [1.807, 2.05) is 0 Å². The van der Waals surface area contributed by atoms with Crippen LogP contribution in [0, 0.1) is 0 Å². The first-order chi connectivity index (χ1) is 3.13. The van der Waals surface area contributed by atoms with Crippen molar-refractivity contribution in [3.63, 3.8) is 0 Å². The molecule has 0 aromatic rings. The molecule has 0 aliphatic heterocycles. The molecule has 0 radical (unpaired) electrons. The lowest BCUT2D eigenvalue weighted by Gasteiger charge is -2.08. The van der Waals surface area contributed by atoms with Crippen molar-refractivity contribution in [1.29, 1.82) is 0 Å². The largest absolute Gasteiger partial charge is 0.379 e. The molecule has 0 aliphatic carbocycles. The molecule has 0 fully saturated rings. The highest BCUT2D eigenvalue weighted by Crippen LogP contribution is 1.74. The van der Waals surface area contributed by atoms with Gasteiger partial charge in [-0.25, -0.2) is 0 Å². The van der Waals surface area contributed by atoms with Crippen LogP contribution in [0.4, 0.5) is 0 Å². The number of nitrogens with one attached hydrogen (secondary N) is 1. The second-order valence-electron chi connectivity index (χ2n) is 1.52. The van der Waals surface area contributed by atoms with Crippen molar-refractivity contribution in [2.24, 2.45) is 0 Å². The molecule has 0 bridgehead atoms. The van der Waals surface area contributed by atoms with Crippen LogP contribution in [0.3, 0.4) is 0 Å². The zero-order chi connectivity index (χ0) is 5.86. The zero-order valence-corrected chi connectivity index (χ0v) is 4.55. The van der Waals surface area contributed by atoms with Gasteiger partial charge in [0.2, 0.25) is 0 Å². The maximum atomic E-state index is 8.45. The Kier molecular flexibility index (Phi) is 2.91. The zero-order valence-electron chi connectivity index (χ0n) is 4.55. The first-order valence-electron chi connectivity index (χ1n) is 2.25. The van der Waals surface area contributed by atoms with E-state index in [1.165, 1.54) is 0 Å². The van der Waals surface area contributed by atoms with E-state index in [0.717, 1.165) is 0 Å². The summed E-state index contributed by atoms with van der Waals surface area (Å²) in [6.45, 7) is 3.10. The molecule has 0 aliphatic rings. The number of hydrogen-bond donors (Lipinski definition) is 3. The molecule has 0 rings (SSSR count). The fourth-order valence-electron chi connectivity index (χ4n) is 0.349. The van der Waals surface area contributed by atoms with Crippen LogP contribution < -0.4 is 5.32 Å². The summed E-state index contributed by atoms with van der Waals surface area (Å²) in [5.41, 5.74) is 0. The molecule has 0 amide bonds. The van der Waals surface area contributed by atoms with Crippen molar-refractivity contribution < 1.29 is 10.2 Å². The van der Waals surface area contributed by atoms with Crippen molar-refractivity contribution in [2.75, 3.05) is 0 Å². The summed E-state index contributed by atoms with van der Waals surface area (Å²) in [6.07, 6.45) is -1.25. The van der Waals surface area contributed by atoms with Crippen molar-refractivity contribution >= 4 is 0 Å². The smallest absolute Gasteiger partial charge is 0.103 e. The average Bonchev–Trinajstić information content (AvgIpc) is 1.27. The lowest BCUT2D eigenvalue weighted by atomic mass is 10.6. The number of aliphatic hydroxyl groups excluding tert-OH is 2. The third kappa shape index (κ3) is 5.88. The molecule has 0 spiro atoms. The van der Waals surface area contributed by atoms with E-state index >= 15 is 0 Å². The van der Waals surface area contributed by atoms with Gasteiger partial charge in [0.1, 0.15) is 12.5 Å². The topological polar surface area (TPSA) is 52.5 Å². The third-order valence-corrected chi connectivity index (χ3v) is 0.482. The monoisotopic (exact) mass is 105 g/mol. The Morgan fingerprint density at radius 1 is 1.14 bits per heavy atom. The predicted octanol–water partition coefficient (Wildman–Crippen LogP) is -0.747. The van der Waals surface area contributed by atoms with Gasteiger partial charge in [0.25, 0.3) is 0 Å². The summed E-state index contributed by atoms with van der Waals surface area (Å²) in [7, 11) is 0. The minimum atomic E-state index is -0.625. The molecule has 44 valence electrons. The molecular formula is C4H11NO2. The molecular weight excluding hydrogens is 94.0 g/mol. The van der Waals surface area contributed by atoms with E-state index in [4.69, 9.17) is 10.2 Å². The van der Waals surface area contributed by atoms with Gasteiger partial charge < -0.3 is 10.2 Å². The van der Waals surface area contributed by atoms with Gasteiger partial charge in [-0.2, -0.15) is 0 Å². The molecule has 3 nitrogen and oxygen atoms in total. The Balaban J connectivity index is 2.95. The molecule has 7 heavy (non-hydrogen) atoms. The first-order valence-corrected chi connectivity index (χ1v) is 2.25. The molecule has 3 N–H and O–H groups in total. The number of hydrogen-bond acceptors (Lipinski definition) is 3. The second-order valence-corrected chi connectivity index (χ2v) is 1.52.